The van der Waals surface area contributed by atoms with Gasteiger partial charge in [0.2, 0.25) is 0 Å². The average molecular weight is 323 g/mol. The van der Waals surface area contributed by atoms with Crippen molar-refractivity contribution in [2.24, 2.45) is 0 Å². The van der Waals surface area contributed by atoms with Crippen LogP contribution in [0.25, 0.3) is 0 Å². The number of anilines is 1. The second-order valence-corrected chi connectivity index (χ2v) is 8.01. The third kappa shape index (κ3) is 2.24. The van der Waals surface area contributed by atoms with Crippen molar-refractivity contribution in [2.75, 3.05) is 10.1 Å². The Morgan fingerprint density at radius 2 is 2.05 bits per heavy atom. The van der Waals surface area contributed by atoms with Gasteiger partial charge in [0.05, 0.1) is 23.1 Å². The Hall–Kier alpha value is -1.47. The van der Waals surface area contributed by atoms with E-state index >= 15 is 0 Å². The fourth-order valence-corrected chi connectivity index (χ4v) is 5.89. The van der Waals surface area contributed by atoms with Crippen molar-refractivity contribution in [1.29, 1.82) is 0 Å². The van der Waals surface area contributed by atoms with Gasteiger partial charge in [0.15, 0.2) is 0 Å². The number of aromatic nitrogens is 2. The second kappa shape index (κ2) is 5.06. The molecule has 1 aliphatic heterocycles. The number of sulfonamides is 1. The monoisotopic (exact) mass is 323 g/mol. The van der Waals surface area contributed by atoms with Gasteiger partial charge in [-0.25, -0.2) is 8.42 Å². The number of hydrogen-bond acceptors (Lipinski definition) is 4. The zero-order valence-corrected chi connectivity index (χ0v) is 13.8. The summed E-state index contributed by atoms with van der Waals surface area (Å²) in [6, 6.07) is 7.53. The largest absolute Gasteiger partial charge is 0.281 e. The zero-order chi connectivity index (χ0) is 15.2. The van der Waals surface area contributed by atoms with Crippen LogP contribution in [0.4, 0.5) is 5.69 Å². The van der Waals surface area contributed by atoms with Crippen molar-refractivity contribution in [3.63, 3.8) is 0 Å². The molecule has 1 aliphatic rings. The highest BCUT2D eigenvalue weighted by atomic mass is 32.2. The molecule has 1 atom stereocenters. The second-order valence-electron chi connectivity index (χ2n) is 5.19. The van der Waals surface area contributed by atoms with Crippen molar-refractivity contribution in [3.8, 4) is 0 Å². The standard InChI is InChI=1S/C14H17N3O2S2/c1-9-8-20-13-7-5-4-6-12(13)17(9)21(18,19)14-10(2)15-16-11(14)3/h4-7,9H,8H2,1-3H3,(H,15,16)/t9-/m0/s1. The number of hydrogen-bond donors (Lipinski definition) is 1. The SMILES string of the molecule is Cc1n[nH]c(C)c1S(=O)(=O)N1c2ccccc2SC[C@@H]1C. The van der Waals surface area contributed by atoms with Gasteiger partial charge in [0.25, 0.3) is 10.0 Å². The number of aryl methyl sites for hydroxylation is 2. The Bertz CT molecular complexity index is 764. The zero-order valence-electron chi connectivity index (χ0n) is 12.1. The summed E-state index contributed by atoms with van der Waals surface area (Å²) in [5.41, 5.74) is 1.84. The Balaban J connectivity index is 2.20. The number of nitrogens with one attached hydrogen (secondary N) is 1. The summed E-state index contributed by atoms with van der Waals surface area (Å²) in [4.78, 5) is 1.29. The predicted octanol–water partition coefficient (Wildman–Crippen LogP) is 2.72. The summed E-state index contributed by atoms with van der Waals surface area (Å²) in [5.74, 6) is 0.742. The average Bonchev–Trinajstić information content (AvgIpc) is 2.78. The molecule has 0 unspecified atom stereocenters. The Morgan fingerprint density at radius 1 is 1.33 bits per heavy atom. The Kier molecular flexibility index (Phi) is 3.49. The molecule has 21 heavy (non-hydrogen) atoms. The molecule has 0 spiro atoms. The molecule has 2 aromatic rings. The number of aromatic amines is 1. The molecule has 0 bridgehead atoms. The highest BCUT2D eigenvalue weighted by Crippen LogP contribution is 2.40. The van der Waals surface area contributed by atoms with E-state index in [9.17, 15) is 8.42 Å². The molecule has 0 radical (unpaired) electrons. The number of thioether (sulfide) groups is 1. The van der Waals surface area contributed by atoms with Crippen LogP contribution in [0.3, 0.4) is 0 Å². The van der Waals surface area contributed by atoms with Crippen LogP contribution in [0, 0.1) is 13.8 Å². The minimum atomic E-state index is -3.62. The number of para-hydroxylation sites is 1. The topological polar surface area (TPSA) is 66.1 Å². The lowest BCUT2D eigenvalue weighted by molar-refractivity contribution is 0.582. The van der Waals surface area contributed by atoms with Crippen LogP contribution in [0.2, 0.25) is 0 Å². The molecular formula is C14H17N3O2S2. The lowest BCUT2D eigenvalue weighted by Crippen LogP contribution is -2.42. The first-order valence-corrected chi connectivity index (χ1v) is 9.13. The first kappa shape index (κ1) is 14.5. The highest BCUT2D eigenvalue weighted by Gasteiger charge is 2.36. The number of benzene rings is 1. The van der Waals surface area contributed by atoms with Gasteiger partial charge in [-0.15, -0.1) is 11.8 Å². The lowest BCUT2D eigenvalue weighted by atomic mass is 10.3. The lowest BCUT2D eigenvalue weighted by Gasteiger charge is -2.35. The van der Waals surface area contributed by atoms with Crippen molar-refractivity contribution < 1.29 is 8.42 Å². The van der Waals surface area contributed by atoms with Gasteiger partial charge in [-0.3, -0.25) is 9.40 Å². The molecule has 112 valence electrons. The van der Waals surface area contributed by atoms with E-state index in [-0.39, 0.29) is 10.9 Å². The molecule has 0 aliphatic carbocycles. The maximum atomic E-state index is 13.1. The van der Waals surface area contributed by atoms with Crippen LogP contribution in [0.5, 0.6) is 0 Å². The molecule has 1 aromatic heterocycles. The van der Waals surface area contributed by atoms with E-state index in [2.05, 4.69) is 10.2 Å². The van der Waals surface area contributed by atoms with Crippen LogP contribution < -0.4 is 4.31 Å². The number of rotatable bonds is 2. The van der Waals surface area contributed by atoms with Gasteiger partial charge in [0, 0.05) is 10.6 Å². The van der Waals surface area contributed by atoms with Gasteiger partial charge in [-0.2, -0.15) is 5.10 Å². The summed E-state index contributed by atoms with van der Waals surface area (Å²) in [6.07, 6.45) is 0. The van der Waals surface area contributed by atoms with Gasteiger partial charge in [-0.1, -0.05) is 12.1 Å². The Morgan fingerprint density at radius 3 is 2.71 bits per heavy atom. The van der Waals surface area contributed by atoms with E-state index in [1.807, 2.05) is 31.2 Å². The third-order valence-electron chi connectivity index (χ3n) is 3.56. The van der Waals surface area contributed by atoms with Gasteiger partial charge in [-0.05, 0) is 32.9 Å². The van der Waals surface area contributed by atoms with Gasteiger partial charge >= 0.3 is 0 Å². The summed E-state index contributed by atoms with van der Waals surface area (Å²) < 4.78 is 27.8. The highest BCUT2D eigenvalue weighted by molar-refractivity contribution is 8.00. The minimum absolute atomic E-state index is 0.0939. The Labute approximate surface area is 128 Å². The van der Waals surface area contributed by atoms with E-state index in [1.54, 1.807) is 25.6 Å². The van der Waals surface area contributed by atoms with Crippen LogP contribution in [0.15, 0.2) is 34.1 Å². The number of fused-ring (bicyclic) bond motifs is 1. The fraction of sp³-hybridized carbons (Fsp3) is 0.357. The maximum Gasteiger partial charge on any atom is 0.268 e. The fourth-order valence-electron chi connectivity index (χ4n) is 2.66. The molecule has 2 heterocycles. The smallest absolute Gasteiger partial charge is 0.268 e. The first-order valence-electron chi connectivity index (χ1n) is 6.70. The predicted molar refractivity (Wildman–Crippen MR) is 84.4 cm³/mol. The van der Waals surface area contributed by atoms with E-state index in [4.69, 9.17) is 0 Å². The summed E-state index contributed by atoms with van der Waals surface area (Å²) in [6.45, 7) is 5.39. The quantitative estimate of drug-likeness (QED) is 0.923. The molecule has 0 saturated heterocycles. The van der Waals surface area contributed by atoms with Crippen molar-refractivity contribution >= 4 is 27.5 Å². The van der Waals surface area contributed by atoms with Crippen LogP contribution >= 0.6 is 11.8 Å². The molecule has 0 fully saturated rings. The van der Waals surface area contributed by atoms with Crippen molar-refractivity contribution in [2.45, 2.75) is 36.6 Å². The molecule has 1 N–H and O–H groups in total. The number of nitrogens with zero attached hydrogens (tertiary/aromatic N) is 2. The van der Waals surface area contributed by atoms with Crippen LogP contribution in [0.1, 0.15) is 18.3 Å². The summed E-state index contributed by atoms with van der Waals surface area (Å²) in [5, 5.41) is 6.78. The summed E-state index contributed by atoms with van der Waals surface area (Å²) in [7, 11) is -3.62. The van der Waals surface area contributed by atoms with E-state index in [1.165, 1.54) is 4.31 Å². The van der Waals surface area contributed by atoms with Crippen LogP contribution in [-0.2, 0) is 10.0 Å². The van der Waals surface area contributed by atoms with Crippen molar-refractivity contribution in [3.05, 3.63) is 35.7 Å². The van der Waals surface area contributed by atoms with Crippen LogP contribution in [-0.4, -0.2) is 30.4 Å². The maximum absolute atomic E-state index is 13.1. The molecule has 3 rings (SSSR count). The van der Waals surface area contributed by atoms with E-state index in [0.29, 0.717) is 11.4 Å². The molecular weight excluding hydrogens is 306 g/mol. The first-order chi connectivity index (χ1) is 9.93. The van der Waals surface area contributed by atoms with Gasteiger partial charge in [0.1, 0.15) is 4.90 Å². The molecule has 0 saturated carbocycles. The molecule has 5 nitrogen and oxygen atoms in total. The molecule has 7 heteroatoms. The van der Waals surface area contributed by atoms with E-state index < -0.39 is 10.0 Å². The van der Waals surface area contributed by atoms with E-state index in [0.717, 1.165) is 16.3 Å². The normalized spacial score (nSPS) is 18.6. The molecule has 0 amide bonds. The minimum Gasteiger partial charge on any atom is -0.281 e. The summed E-state index contributed by atoms with van der Waals surface area (Å²) >= 11 is 1.69. The number of H-pyrrole nitrogens is 1. The van der Waals surface area contributed by atoms with Crippen molar-refractivity contribution in [1.82, 2.24) is 10.2 Å². The van der Waals surface area contributed by atoms with Gasteiger partial charge < -0.3 is 0 Å². The molecule has 1 aromatic carbocycles. The third-order valence-corrected chi connectivity index (χ3v) is 7.06.